The van der Waals surface area contributed by atoms with E-state index in [0.29, 0.717) is 0 Å². The Labute approximate surface area is 104 Å². The van der Waals surface area contributed by atoms with Crippen molar-refractivity contribution in [2.45, 2.75) is 24.8 Å². The van der Waals surface area contributed by atoms with Crippen LogP contribution in [0.4, 0.5) is 0 Å². The lowest BCUT2D eigenvalue weighted by Gasteiger charge is -2.07. The minimum atomic E-state index is -3.70. The molecule has 0 aliphatic rings. The normalized spacial score (nSPS) is 11.4. The third kappa shape index (κ3) is 5.77. The summed E-state index contributed by atoms with van der Waals surface area (Å²) in [4.78, 5) is 17.8. The molecule has 90 valence electrons. The molecule has 16 heavy (non-hydrogen) atoms. The number of thioether (sulfide) groups is 1. The van der Waals surface area contributed by atoms with Gasteiger partial charge in [-0.3, -0.25) is 0 Å². The molecule has 0 aliphatic carbocycles. The van der Waals surface area contributed by atoms with E-state index in [1.807, 2.05) is 0 Å². The Kier molecular flexibility index (Phi) is 5.64. The molecule has 0 saturated heterocycles. The van der Waals surface area contributed by atoms with Crippen molar-refractivity contribution in [3.8, 4) is 5.88 Å². The summed E-state index contributed by atoms with van der Waals surface area (Å²) in [6.45, 7) is -1.58. The predicted octanol–water partition coefficient (Wildman–Crippen LogP) is 1.96. The first kappa shape index (κ1) is 13.9. The first-order chi connectivity index (χ1) is 7.51. The van der Waals surface area contributed by atoms with Crippen LogP contribution < -0.4 is 4.52 Å². The smallest absolute Gasteiger partial charge is 0.376 e. The van der Waals surface area contributed by atoms with Crippen molar-refractivity contribution in [2.75, 3.05) is 5.75 Å². The van der Waals surface area contributed by atoms with Crippen molar-refractivity contribution in [3.63, 3.8) is 0 Å². The van der Waals surface area contributed by atoms with Gasteiger partial charge < -0.3 is 14.3 Å². The number of hydrogen-bond donors (Lipinski definition) is 2. The highest BCUT2D eigenvalue weighted by molar-refractivity contribution is 8.06. The second-order valence-electron chi connectivity index (χ2n) is 2.99. The van der Waals surface area contributed by atoms with Crippen LogP contribution in [-0.2, 0) is 11.8 Å². The van der Waals surface area contributed by atoms with Crippen molar-refractivity contribution in [3.05, 3.63) is 12.1 Å². The average molecular weight is 280 g/mol. The lowest BCUT2D eigenvalue weighted by molar-refractivity contribution is 0.362. The van der Waals surface area contributed by atoms with Crippen molar-refractivity contribution >= 4 is 30.3 Å². The lowest BCUT2D eigenvalue weighted by Crippen LogP contribution is -1.95. The zero-order valence-electron chi connectivity index (χ0n) is 8.74. The molecule has 1 aromatic heterocycles. The van der Waals surface area contributed by atoms with Crippen LogP contribution in [0.5, 0.6) is 5.88 Å². The van der Waals surface area contributed by atoms with Gasteiger partial charge in [0, 0.05) is 17.9 Å². The van der Waals surface area contributed by atoms with Crippen molar-refractivity contribution in [1.82, 2.24) is 10.2 Å². The van der Waals surface area contributed by atoms with Gasteiger partial charge in [-0.1, -0.05) is 13.3 Å². The molecule has 0 unspecified atom stereocenters. The summed E-state index contributed by atoms with van der Waals surface area (Å²) < 4.78 is 4.64. The Morgan fingerprint density at radius 3 is 2.69 bits per heavy atom. The third-order valence-corrected chi connectivity index (χ3v) is 3.23. The minimum Gasteiger partial charge on any atom is -0.404 e. The van der Waals surface area contributed by atoms with E-state index >= 15 is 0 Å². The van der Waals surface area contributed by atoms with Gasteiger partial charge in [0.2, 0.25) is 5.88 Å². The molecule has 5 nitrogen and oxygen atoms in total. The molecule has 0 aromatic carbocycles. The SMILES string of the molecule is CCCCSc1ccc(OP(O)(O)=S)nn1. The van der Waals surface area contributed by atoms with E-state index in [2.05, 4.69) is 33.5 Å². The van der Waals surface area contributed by atoms with Gasteiger partial charge in [-0.2, -0.15) is 0 Å². The van der Waals surface area contributed by atoms with E-state index in [1.54, 1.807) is 17.8 Å². The summed E-state index contributed by atoms with van der Waals surface area (Å²) in [5.41, 5.74) is 0. The predicted molar refractivity (Wildman–Crippen MR) is 67.0 cm³/mol. The van der Waals surface area contributed by atoms with Crippen molar-refractivity contribution < 1.29 is 14.3 Å². The second kappa shape index (κ2) is 6.51. The van der Waals surface area contributed by atoms with E-state index in [4.69, 9.17) is 9.79 Å². The molecular formula is C8H13N2O3PS2. The molecule has 0 fully saturated rings. The Morgan fingerprint density at radius 2 is 2.19 bits per heavy atom. The first-order valence-electron chi connectivity index (χ1n) is 4.73. The summed E-state index contributed by atoms with van der Waals surface area (Å²) in [6.07, 6.45) is 2.26. The van der Waals surface area contributed by atoms with Crippen LogP contribution in [0.25, 0.3) is 0 Å². The molecule has 0 radical (unpaired) electrons. The first-order valence-corrected chi connectivity index (χ1v) is 8.34. The van der Waals surface area contributed by atoms with Gasteiger partial charge in [0.05, 0.1) is 0 Å². The second-order valence-corrected chi connectivity index (χ2v) is 6.70. The monoisotopic (exact) mass is 280 g/mol. The van der Waals surface area contributed by atoms with Gasteiger partial charge in [0.1, 0.15) is 5.03 Å². The van der Waals surface area contributed by atoms with E-state index in [9.17, 15) is 0 Å². The lowest BCUT2D eigenvalue weighted by atomic mass is 10.4. The van der Waals surface area contributed by atoms with Crippen molar-refractivity contribution in [1.29, 1.82) is 0 Å². The van der Waals surface area contributed by atoms with Gasteiger partial charge in [0.25, 0.3) is 0 Å². The highest BCUT2D eigenvalue weighted by Crippen LogP contribution is 2.36. The van der Waals surface area contributed by atoms with Crippen LogP contribution in [0, 0.1) is 0 Å². The minimum absolute atomic E-state index is 0.0353. The van der Waals surface area contributed by atoms with Crippen LogP contribution >= 0.6 is 18.5 Å². The Balaban J connectivity index is 2.51. The van der Waals surface area contributed by atoms with Gasteiger partial charge in [-0.25, -0.2) is 0 Å². The summed E-state index contributed by atoms with van der Waals surface area (Å²) in [5.74, 6) is 1.02. The van der Waals surface area contributed by atoms with Crippen LogP contribution in [-0.4, -0.2) is 25.7 Å². The molecule has 0 spiro atoms. The molecule has 8 heteroatoms. The van der Waals surface area contributed by atoms with Crippen LogP contribution in [0.3, 0.4) is 0 Å². The number of hydrogen-bond acceptors (Lipinski definition) is 5. The van der Waals surface area contributed by atoms with Crippen LogP contribution in [0.1, 0.15) is 19.8 Å². The van der Waals surface area contributed by atoms with Crippen molar-refractivity contribution in [2.24, 2.45) is 0 Å². The highest BCUT2D eigenvalue weighted by atomic mass is 32.5. The maximum atomic E-state index is 8.90. The van der Waals surface area contributed by atoms with Gasteiger partial charge >= 0.3 is 6.72 Å². The topological polar surface area (TPSA) is 75.5 Å². The Bertz CT molecular complexity index is 368. The number of aromatic nitrogens is 2. The summed E-state index contributed by atoms with van der Waals surface area (Å²) >= 11 is 5.91. The molecule has 1 heterocycles. The molecule has 1 aromatic rings. The summed E-state index contributed by atoms with van der Waals surface area (Å²) in [6, 6.07) is 3.24. The number of nitrogens with zero attached hydrogens (tertiary/aromatic N) is 2. The fourth-order valence-corrected chi connectivity index (χ4v) is 2.35. The molecule has 0 aliphatic heterocycles. The van der Waals surface area contributed by atoms with Gasteiger partial charge in [0.15, 0.2) is 0 Å². The van der Waals surface area contributed by atoms with Gasteiger partial charge in [-0.15, -0.1) is 22.0 Å². The molecule has 0 amide bonds. The molecule has 1 rings (SSSR count). The van der Waals surface area contributed by atoms with E-state index < -0.39 is 6.72 Å². The van der Waals surface area contributed by atoms with Crippen LogP contribution in [0.15, 0.2) is 17.2 Å². The summed E-state index contributed by atoms with van der Waals surface area (Å²) in [7, 11) is 0. The zero-order valence-corrected chi connectivity index (χ0v) is 11.3. The standard InChI is InChI=1S/C8H13N2O3PS2/c1-2-3-6-16-8-5-4-7(9-10-8)13-14(11,12)15/h4-5H,2-3,6H2,1H3,(H2,11,12,15). The fourth-order valence-electron chi connectivity index (χ4n) is 0.876. The largest absolute Gasteiger partial charge is 0.404 e. The van der Waals surface area contributed by atoms with Gasteiger partial charge in [-0.05, 0) is 18.2 Å². The van der Waals surface area contributed by atoms with E-state index in [-0.39, 0.29) is 5.88 Å². The number of unbranched alkanes of at least 4 members (excludes halogenated alkanes) is 1. The molecule has 2 N–H and O–H groups in total. The molecule has 0 atom stereocenters. The Morgan fingerprint density at radius 1 is 1.44 bits per heavy atom. The van der Waals surface area contributed by atoms with E-state index in [1.165, 1.54) is 6.07 Å². The maximum Gasteiger partial charge on any atom is 0.376 e. The van der Waals surface area contributed by atoms with E-state index in [0.717, 1.165) is 23.6 Å². The maximum absolute atomic E-state index is 8.90. The fraction of sp³-hybridized carbons (Fsp3) is 0.500. The average Bonchev–Trinajstić information content (AvgIpc) is 2.19. The Hall–Kier alpha value is -0.200. The third-order valence-electron chi connectivity index (χ3n) is 1.58. The zero-order chi connectivity index (χ0) is 12.0. The molecule has 0 bridgehead atoms. The summed E-state index contributed by atoms with van der Waals surface area (Å²) in [5, 5.41) is 8.35. The number of rotatable bonds is 6. The highest BCUT2D eigenvalue weighted by Gasteiger charge is 2.11. The molecular weight excluding hydrogens is 267 g/mol. The quantitative estimate of drug-likeness (QED) is 0.468. The molecule has 0 saturated carbocycles. The van der Waals surface area contributed by atoms with Crippen LogP contribution in [0.2, 0.25) is 0 Å².